The van der Waals surface area contributed by atoms with Gasteiger partial charge in [-0.05, 0) is 41.3 Å². The van der Waals surface area contributed by atoms with E-state index in [0.717, 1.165) is 4.31 Å². The van der Waals surface area contributed by atoms with Gasteiger partial charge in [0, 0.05) is 17.8 Å². The van der Waals surface area contributed by atoms with E-state index in [1.165, 1.54) is 42.7 Å². The number of rotatable bonds is 4. The van der Waals surface area contributed by atoms with E-state index in [0.29, 0.717) is 16.2 Å². The van der Waals surface area contributed by atoms with Gasteiger partial charge in [0.1, 0.15) is 11.8 Å². The fraction of sp³-hybridized carbons (Fsp3) is 0.312. The molecule has 0 bridgehead atoms. The van der Waals surface area contributed by atoms with Crippen molar-refractivity contribution in [3.8, 4) is 5.75 Å². The first-order valence-electron chi connectivity index (χ1n) is 7.47. The summed E-state index contributed by atoms with van der Waals surface area (Å²) in [5.41, 5.74) is 0.587. The van der Waals surface area contributed by atoms with Crippen LogP contribution in [0.2, 0.25) is 0 Å². The molecule has 0 saturated heterocycles. The highest BCUT2D eigenvalue weighted by molar-refractivity contribution is 7.89. The molecule has 1 aliphatic heterocycles. The van der Waals surface area contributed by atoms with Crippen molar-refractivity contribution in [2.45, 2.75) is 23.5 Å². The van der Waals surface area contributed by atoms with Crippen molar-refractivity contribution in [2.24, 2.45) is 0 Å². The molecule has 1 aromatic heterocycles. The summed E-state index contributed by atoms with van der Waals surface area (Å²) in [6.45, 7) is -0.310. The molecule has 2 heterocycles. The van der Waals surface area contributed by atoms with Crippen molar-refractivity contribution in [1.82, 2.24) is 4.31 Å². The zero-order valence-electron chi connectivity index (χ0n) is 13.3. The number of aliphatic hydroxyl groups excluding tert-OH is 1. The van der Waals surface area contributed by atoms with Crippen molar-refractivity contribution < 1.29 is 28.2 Å². The van der Waals surface area contributed by atoms with Crippen LogP contribution in [-0.2, 0) is 21.2 Å². The van der Waals surface area contributed by atoms with Crippen LogP contribution in [0, 0.1) is 0 Å². The van der Waals surface area contributed by atoms with E-state index >= 15 is 0 Å². The number of methoxy groups -OCH3 is 1. The summed E-state index contributed by atoms with van der Waals surface area (Å²) in [4.78, 5) is 12.4. The van der Waals surface area contributed by atoms with Gasteiger partial charge in [0.25, 0.3) is 0 Å². The number of benzene rings is 1. The minimum absolute atomic E-state index is 0.0226. The van der Waals surface area contributed by atoms with E-state index in [2.05, 4.69) is 0 Å². The van der Waals surface area contributed by atoms with E-state index in [1.54, 1.807) is 11.4 Å². The van der Waals surface area contributed by atoms with Crippen LogP contribution in [0.25, 0.3) is 0 Å². The van der Waals surface area contributed by atoms with Gasteiger partial charge < -0.3 is 14.9 Å². The molecule has 0 radical (unpaired) electrons. The SMILES string of the molecule is COc1ccc(S(=O)(=O)N2CC(O)c3ccsc3CC2C(=O)O)cc1. The van der Waals surface area contributed by atoms with Crippen molar-refractivity contribution >= 4 is 27.3 Å². The number of carboxylic acid groups (broad SMARTS) is 1. The molecule has 2 aromatic rings. The van der Waals surface area contributed by atoms with E-state index in [1.807, 2.05) is 0 Å². The fourth-order valence-electron chi connectivity index (χ4n) is 2.85. The predicted molar refractivity (Wildman–Crippen MR) is 91.3 cm³/mol. The smallest absolute Gasteiger partial charge is 0.322 e. The van der Waals surface area contributed by atoms with Gasteiger partial charge in [0.15, 0.2) is 0 Å². The van der Waals surface area contributed by atoms with Crippen LogP contribution in [0.4, 0.5) is 0 Å². The van der Waals surface area contributed by atoms with Crippen LogP contribution in [0.5, 0.6) is 5.75 Å². The summed E-state index contributed by atoms with van der Waals surface area (Å²) < 4.78 is 31.9. The largest absolute Gasteiger partial charge is 0.497 e. The highest BCUT2D eigenvalue weighted by Crippen LogP contribution is 2.33. The lowest BCUT2D eigenvalue weighted by Gasteiger charge is -2.27. The zero-order chi connectivity index (χ0) is 18.2. The maximum absolute atomic E-state index is 13.0. The molecule has 25 heavy (non-hydrogen) atoms. The number of thiophene rings is 1. The van der Waals surface area contributed by atoms with Gasteiger partial charge in [-0.15, -0.1) is 11.3 Å². The average molecular weight is 383 g/mol. The van der Waals surface area contributed by atoms with E-state index < -0.39 is 28.1 Å². The van der Waals surface area contributed by atoms with Gasteiger partial charge in [-0.2, -0.15) is 4.31 Å². The van der Waals surface area contributed by atoms with Gasteiger partial charge in [0.2, 0.25) is 10.0 Å². The number of sulfonamides is 1. The third kappa shape index (κ3) is 3.28. The maximum Gasteiger partial charge on any atom is 0.322 e. The third-order valence-electron chi connectivity index (χ3n) is 4.17. The lowest BCUT2D eigenvalue weighted by atomic mass is 10.1. The number of β-amino-alcohol motifs (C(OH)–C–C–N with tert-alkyl or cyclic N) is 1. The van der Waals surface area contributed by atoms with Crippen LogP contribution in [0.15, 0.2) is 40.6 Å². The van der Waals surface area contributed by atoms with Crippen LogP contribution >= 0.6 is 11.3 Å². The number of carboxylic acids is 1. The number of nitrogens with zero attached hydrogens (tertiary/aromatic N) is 1. The standard InChI is InChI=1S/C16H17NO6S2/c1-23-10-2-4-11(5-3-10)25(21,22)17-9-14(18)12-6-7-24-15(12)8-13(17)16(19)20/h2-7,13-14,18H,8-9H2,1H3,(H,19,20). The fourth-order valence-corrected chi connectivity index (χ4v) is 5.41. The summed E-state index contributed by atoms with van der Waals surface area (Å²) in [5, 5.41) is 21.7. The van der Waals surface area contributed by atoms with Gasteiger partial charge in [-0.1, -0.05) is 0 Å². The van der Waals surface area contributed by atoms with Crippen LogP contribution in [0.1, 0.15) is 16.5 Å². The number of hydrogen-bond acceptors (Lipinski definition) is 6. The molecule has 1 aliphatic rings. The van der Waals surface area contributed by atoms with Crippen molar-refractivity contribution in [3.05, 3.63) is 46.2 Å². The summed E-state index contributed by atoms with van der Waals surface area (Å²) in [5.74, 6) is -0.752. The van der Waals surface area contributed by atoms with E-state index in [9.17, 15) is 23.4 Å². The van der Waals surface area contributed by atoms with E-state index in [-0.39, 0.29) is 17.9 Å². The molecule has 9 heteroatoms. The van der Waals surface area contributed by atoms with Gasteiger partial charge in [-0.3, -0.25) is 4.79 Å². The van der Waals surface area contributed by atoms with Gasteiger partial charge >= 0.3 is 5.97 Å². The summed E-state index contributed by atoms with van der Waals surface area (Å²) in [7, 11) is -2.63. The Balaban J connectivity index is 2.02. The first kappa shape index (κ1) is 17.9. The first-order chi connectivity index (χ1) is 11.8. The molecule has 2 atom stereocenters. The number of carbonyl (C=O) groups is 1. The molecule has 7 nitrogen and oxygen atoms in total. The molecule has 134 valence electrons. The second kappa shape index (κ2) is 6.75. The summed E-state index contributed by atoms with van der Waals surface area (Å²) in [6.07, 6.45) is -1.05. The maximum atomic E-state index is 13.0. The van der Waals surface area contributed by atoms with Crippen molar-refractivity contribution in [2.75, 3.05) is 13.7 Å². The molecule has 0 saturated carbocycles. The minimum atomic E-state index is -4.09. The molecule has 3 rings (SSSR count). The lowest BCUT2D eigenvalue weighted by molar-refractivity contribution is -0.141. The monoisotopic (exact) mass is 383 g/mol. The Bertz CT molecular complexity index is 874. The quantitative estimate of drug-likeness (QED) is 0.829. The highest BCUT2D eigenvalue weighted by Gasteiger charge is 2.40. The van der Waals surface area contributed by atoms with Crippen molar-refractivity contribution in [1.29, 1.82) is 0 Å². The normalized spacial score (nSPS) is 21.4. The number of ether oxygens (including phenoxy) is 1. The lowest BCUT2D eigenvalue weighted by Crippen LogP contribution is -2.46. The third-order valence-corrected chi connectivity index (χ3v) is 7.02. The highest BCUT2D eigenvalue weighted by atomic mass is 32.2. The molecular weight excluding hydrogens is 366 g/mol. The average Bonchev–Trinajstić information content (AvgIpc) is 3.00. The Morgan fingerprint density at radius 3 is 2.56 bits per heavy atom. The second-order valence-corrected chi connectivity index (χ2v) is 8.51. The van der Waals surface area contributed by atoms with Crippen LogP contribution in [-0.4, -0.2) is 48.6 Å². The van der Waals surface area contributed by atoms with Gasteiger partial charge in [0.05, 0.1) is 18.1 Å². The summed E-state index contributed by atoms with van der Waals surface area (Å²) in [6, 6.07) is 6.14. The first-order valence-corrected chi connectivity index (χ1v) is 9.79. The zero-order valence-corrected chi connectivity index (χ0v) is 15.0. The molecule has 2 unspecified atom stereocenters. The Labute approximate surface area is 149 Å². The number of aliphatic carboxylic acids is 1. The Morgan fingerprint density at radius 1 is 1.28 bits per heavy atom. The van der Waals surface area contributed by atoms with E-state index in [4.69, 9.17) is 4.74 Å². The molecular formula is C16H17NO6S2. The molecule has 0 amide bonds. The Morgan fingerprint density at radius 2 is 1.96 bits per heavy atom. The predicted octanol–water partition coefficient (Wildman–Crippen LogP) is 1.49. The Hall–Kier alpha value is -1.94. The number of aliphatic hydroxyl groups is 1. The second-order valence-electron chi connectivity index (χ2n) is 5.62. The van der Waals surface area contributed by atoms with Gasteiger partial charge in [-0.25, -0.2) is 8.42 Å². The molecule has 2 N–H and O–H groups in total. The molecule has 1 aromatic carbocycles. The number of fused-ring (bicyclic) bond motifs is 1. The molecule has 0 fully saturated rings. The van der Waals surface area contributed by atoms with Crippen LogP contribution in [0.3, 0.4) is 0 Å². The topological polar surface area (TPSA) is 104 Å². The van der Waals surface area contributed by atoms with Crippen LogP contribution < -0.4 is 4.74 Å². The molecule has 0 aliphatic carbocycles. The number of hydrogen-bond donors (Lipinski definition) is 2. The Kier molecular flexibility index (Phi) is 4.83. The minimum Gasteiger partial charge on any atom is -0.497 e. The summed E-state index contributed by atoms with van der Waals surface area (Å²) >= 11 is 1.32. The molecule has 0 spiro atoms. The van der Waals surface area contributed by atoms with Crippen molar-refractivity contribution in [3.63, 3.8) is 0 Å².